The van der Waals surface area contributed by atoms with E-state index in [4.69, 9.17) is 9.15 Å². The molecular formula is C19H21N3O6S. The van der Waals surface area contributed by atoms with Crippen LogP contribution in [0.25, 0.3) is 0 Å². The molecule has 10 heteroatoms. The molecule has 2 aromatic rings. The van der Waals surface area contributed by atoms with Gasteiger partial charge in [0.2, 0.25) is 5.91 Å². The van der Waals surface area contributed by atoms with Crippen molar-refractivity contribution in [2.24, 2.45) is 0 Å². The standard InChI is InChI=1S/C19H21N3O6S/c1-11(23)21-17-16(13-6-2-3-7-14(13)29-17)18(25)28-10-15(24)22-19(26)20-9-12-5-4-8-27-12/h4-5,8H,2-3,6-7,9-10H2,1H3,(H,21,23)(H2,20,22,24,26). The molecule has 0 aliphatic heterocycles. The maximum absolute atomic E-state index is 12.6. The third-order valence-electron chi connectivity index (χ3n) is 4.26. The van der Waals surface area contributed by atoms with Crippen molar-refractivity contribution in [1.82, 2.24) is 10.6 Å². The van der Waals surface area contributed by atoms with Crippen LogP contribution in [0.3, 0.4) is 0 Å². The predicted octanol–water partition coefficient (Wildman–Crippen LogP) is 2.36. The van der Waals surface area contributed by atoms with E-state index >= 15 is 0 Å². The van der Waals surface area contributed by atoms with Crippen molar-refractivity contribution >= 4 is 40.2 Å². The molecule has 9 nitrogen and oxygen atoms in total. The number of furan rings is 1. The number of ether oxygens (including phenoxy) is 1. The summed E-state index contributed by atoms with van der Waals surface area (Å²) in [4.78, 5) is 48.7. The predicted molar refractivity (Wildman–Crippen MR) is 105 cm³/mol. The number of carbonyl (C=O) groups excluding carboxylic acids is 4. The Hall–Kier alpha value is -3.14. The van der Waals surface area contributed by atoms with Crippen LogP contribution in [-0.2, 0) is 33.7 Å². The highest BCUT2D eigenvalue weighted by Gasteiger charge is 2.27. The maximum Gasteiger partial charge on any atom is 0.341 e. The van der Waals surface area contributed by atoms with Gasteiger partial charge in [-0.25, -0.2) is 9.59 Å². The summed E-state index contributed by atoms with van der Waals surface area (Å²) in [5.74, 6) is -1.21. The largest absolute Gasteiger partial charge is 0.467 e. The quantitative estimate of drug-likeness (QED) is 0.617. The Morgan fingerprint density at radius 1 is 1.21 bits per heavy atom. The molecule has 0 spiro atoms. The van der Waals surface area contributed by atoms with Gasteiger partial charge < -0.3 is 19.8 Å². The first-order valence-electron chi connectivity index (χ1n) is 9.13. The van der Waals surface area contributed by atoms with Crippen molar-refractivity contribution in [1.29, 1.82) is 0 Å². The number of nitrogens with one attached hydrogen (secondary N) is 3. The van der Waals surface area contributed by atoms with Gasteiger partial charge in [0.05, 0.1) is 18.4 Å². The van der Waals surface area contributed by atoms with Crippen LogP contribution >= 0.6 is 11.3 Å². The highest BCUT2D eigenvalue weighted by Crippen LogP contribution is 2.38. The molecule has 4 amide bonds. The summed E-state index contributed by atoms with van der Waals surface area (Å²) in [6.07, 6.45) is 5.00. The highest BCUT2D eigenvalue weighted by molar-refractivity contribution is 7.17. The first-order chi connectivity index (χ1) is 13.9. The fourth-order valence-electron chi connectivity index (χ4n) is 3.02. The molecule has 0 atom stereocenters. The molecule has 2 aromatic heterocycles. The number of rotatable bonds is 6. The molecule has 1 aliphatic carbocycles. The van der Waals surface area contributed by atoms with Gasteiger partial charge >= 0.3 is 12.0 Å². The normalized spacial score (nSPS) is 12.6. The first kappa shape index (κ1) is 20.6. The number of carbonyl (C=O) groups is 4. The summed E-state index contributed by atoms with van der Waals surface area (Å²) in [5, 5.41) is 7.63. The Bertz CT molecular complexity index is 919. The van der Waals surface area contributed by atoms with Gasteiger partial charge in [-0.3, -0.25) is 14.9 Å². The number of urea groups is 1. The minimum absolute atomic E-state index is 0.118. The molecule has 0 saturated heterocycles. The maximum atomic E-state index is 12.6. The third kappa shape index (κ3) is 5.44. The molecule has 0 bridgehead atoms. The summed E-state index contributed by atoms with van der Waals surface area (Å²) in [7, 11) is 0. The van der Waals surface area contributed by atoms with Gasteiger partial charge in [0.1, 0.15) is 10.8 Å². The van der Waals surface area contributed by atoms with E-state index in [0.717, 1.165) is 36.1 Å². The third-order valence-corrected chi connectivity index (χ3v) is 5.46. The van der Waals surface area contributed by atoms with Gasteiger partial charge in [-0.2, -0.15) is 0 Å². The van der Waals surface area contributed by atoms with Crippen molar-refractivity contribution in [2.75, 3.05) is 11.9 Å². The minimum atomic E-state index is -0.763. The van der Waals surface area contributed by atoms with Crippen LogP contribution in [0.5, 0.6) is 0 Å². The van der Waals surface area contributed by atoms with Crippen LogP contribution in [0.4, 0.5) is 9.80 Å². The van der Waals surface area contributed by atoms with Crippen molar-refractivity contribution in [2.45, 2.75) is 39.2 Å². The van der Waals surface area contributed by atoms with E-state index in [1.54, 1.807) is 12.1 Å². The monoisotopic (exact) mass is 419 g/mol. The van der Waals surface area contributed by atoms with Crippen molar-refractivity contribution < 1.29 is 28.3 Å². The van der Waals surface area contributed by atoms with E-state index < -0.39 is 24.5 Å². The second-order valence-corrected chi connectivity index (χ2v) is 7.59. The van der Waals surface area contributed by atoms with Crippen LogP contribution in [0.2, 0.25) is 0 Å². The number of imide groups is 1. The molecule has 1 aliphatic rings. The van der Waals surface area contributed by atoms with Gasteiger partial charge in [0, 0.05) is 11.8 Å². The van der Waals surface area contributed by atoms with E-state index in [1.807, 2.05) is 0 Å². The molecular weight excluding hydrogens is 398 g/mol. The van der Waals surface area contributed by atoms with Crippen LogP contribution < -0.4 is 16.0 Å². The summed E-state index contributed by atoms with van der Waals surface area (Å²) >= 11 is 1.36. The molecule has 29 heavy (non-hydrogen) atoms. The Morgan fingerprint density at radius 2 is 2.00 bits per heavy atom. The van der Waals surface area contributed by atoms with Gasteiger partial charge in [-0.05, 0) is 43.4 Å². The molecule has 2 heterocycles. The van der Waals surface area contributed by atoms with E-state index in [0.29, 0.717) is 16.3 Å². The van der Waals surface area contributed by atoms with Gasteiger partial charge in [0.15, 0.2) is 6.61 Å². The van der Waals surface area contributed by atoms with E-state index in [1.165, 1.54) is 24.5 Å². The fraction of sp³-hybridized carbons (Fsp3) is 0.368. The van der Waals surface area contributed by atoms with Crippen LogP contribution in [0.15, 0.2) is 22.8 Å². The van der Waals surface area contributed by atoms with Crippen LogP contribution in [-0.4, -0.2) is 30.4 Å². The highest BCUT2D eigenvalue weighted by atomic mass is 32.1. The minimum Gasteiger partial charge on any atom is -0.467 e. The zero-order valence-corrected chi connectivity index (χ0v) is 16.6. The molecule has 0 fully saturated rings. The zero-order valence-electron chi connectivity index (χ0n) is 15.8. The lowest BCUT2D eigenvalue weighted by molar-refractivity contribution is -0.123. The lowest BCUT2D eigenvalue weighted by Gasteiger charge is -2.12. The zero-order chi connectivity index (χ0) is 20.8. The second kappa shape index (κ2) is 9.37. The molecule has 0 radical (unpaired) electrons. The molecule has 3 rings (SSSR count). The molecule has 154 valence electrons. The van der Waals surface area contributed by atoms with Crippen molar-refractivity contribution in [3.05, 3.63) is 40.2 Å². The average Bonchev–Trinajstić information content (AvgIpc) is 3.31. The lowest BCUT2D eigenvalue weighted by atomic mass is 9.95. The Balaban J connectivity index is 1.55. The summed E-state index contributed by atoms with van der Waals surface area (Å²) < 4.78 is 10.2. The number of amides is 4. The molecule has 0 saturated carbocycles. The van der Waals surface area contributed by atoms with Crippen LogP contribution in [0, 0.1) is 0 Å². The van der Waals surface area contributed by atoms with E-state index in [9.17, 15) is 19.2 Å². The summed E-state index contributed by atoms with van der Waals surface area (Å²) in [6.45, 7) is 0.868. The Kier molecular flexibility index (Phi) is 6.65. The summed E-state index contributed by atoms with van der Waals surface area (Å²) in [6, 6.07) is 2.63. The number of esters is 1. The van der Waals surface area contributed by atoms with Crippen LogP contribution in [0.1, 0.15) is 46.3 Å². The van der Waals surface area contributed by atoms with Crippen molar-refractivity contribution in [3.63, 3.8) is 0 Å². The van der Waals surface area contributed by atoms with Gasteiger partial charge in [-0.15, -0.1) is 11.3 Å². The van der Waals surface area contributed by atoms with Gasteiger partial charge in [-0.1, -0.05) is 0 Å². The topological polar surface area (TPSA) is 127 Å². The Labute approximate surface area is 170 Å². The fourth-order valence-corrected chi connectivity index (χ4v) is 4.34. The number of hydrogen-bond acceptors (Lipinski definition) is 7. The number of anilines is 1. The lowest BCUT2D eigenvalue weighted by Crippen LogP contribution is -2.41. The number of thiophene rings is 1. The smallest absolute Gasteiger partial charge is 0.341 e. The van der Waals surface area contributed by atoms with Gasteiger partial charge in [0.25, 0.3) is 5.91 Å². The Morgan fingerprint density at radius 3 is 2.72 bits per heavy atom. The average molecular weight is 419 g/mol. The SMILES string of the molecule is CC(=O)Nc1sc2c(c1C(=O)OCC(=O)NC(=O)NCc1ccco1)CCCC2. The van der Waals surface area contributed by atoms with Crippen molar-refractivity contribution in [3.8, 4) is 0 Å². The molecule has 3 N–H and O–H groups in total. The number of fused-ring (bicyclic) bond motifs is 1. The molecule has 0 aromatic carbocycles. The van der Waals surface area contributed by atoms with E-state index in [2.05, 4.69) is 16.0 Å². The number of hydrogen-bond donors (Lipinski definition) is 3. The molecule has 0 unspecified atom stereocenters. The van der Waals surface area contributed by atoms with E-state index in [-0.39, 0.29) is 12.5 Å². The number of aryl methyl sites for hydroxylation is 1. The second-order valence-electron chi connectivity index (χ2n) is 6.48. The first-order valence-corrected chi connectivity index (χ1v) is 9.95. The summed E-state index contributed by atoms with van der Waals surface area (Å²) in [5.41, 5.74) is 1.17.